The van der Waals surface area contributed by atoms with E-state index < -0.39 is 97.5 Å². The molecule has 111 heavy (non-hydrogen) atoms. The van der Waals surface area contributed by atoms with Crippen LogP contribution in [0.1, 0.15) is 497 Å². The van der Waals surface area contributed by atoms with Crippen LogP contribution < -0.4 is 0 Å². The van der Waals surface area contributed by atoms with Gasteiger partial charge in [0, 0.05) is 25.7 Å². The highest BCUT2D eigenvalue weighted by Gasteiger charge is 2.31. The fourth-order valence-electron chi connectivity index (χ4n) is 14.4. The number of aliphatic hydroxyl groups excluding tert-OH is 1. The molecule has 0 aliphatic rings. The van der Waals surface area contributed by atoms with Crippen molar-refractivity contribution < 1.29 is 80.2 Å². The van der Waals surface area contributed by atoms with Crippen molar-refractivity contribution >= 4 is 39.5 Å². The molecule has 17 nitrogen and oxygen atoms in total. The number of hydrogen-bond acceptors (Lipinski definition) is 15. The van der Waals surface area contributed by atoms with Crippen LogP contribution in [0.3, 0.4) is 0 Å². The molecule has 0 aliphatic carbocycles. The fraction of sp³-hybridized carbons (Fsp3) is 0.957. The SMILES string of the molecule is CCCCCCCCCCCCCCCCCCCCCC(=O)OC[C@H](COP(=O)(O)OC[C@@H](O)COP(=O)(O)OC[C@@H](COC(=O)CCCCCCCCCCCCCCC)OC(=O)CCCCCCCCCCCCCCCCC(C)C)OC(=O)CCCCCCCCCCCCCCCCCCCCC(C)CC. The van der Waals surface area contributed by atoms with E-state index in [2.05, 4.69) is 41.5 Å². The number of carbonyl (C=O) groups is 4. The Morgan fingerprint density at radius 1 is 0.261 bits per heavy atom. The molecule has 0 amide bonds. The minimum absolute atomic E-state index is 0.108. The summed E-state index contributed by atoms with van der Waals surface area (Å²) in [7, 11) is -9.94. The first-order valence-corrected chi connectivity index (χ1v) is 50.5. The van der Waals surface area contributed by atoms with Gasteiger partial charge < -0.3 is 33.8 Å². The molecule has 3 N–H and O–H groups in total. The maximum Gasteiger partial charge on any atom is 0.472 e. The van der Waals surface area contributed by atoms with Crippen LogP contribution in [0.25, 0.3) is 0 Å². The molecule has 0 spiro atoms. The topological polar surface area (TPSA) is 237 Å². The summed E-state index contributed by atoms with van der Waals surface area (Å²) in [5.41, 5.74) is 0. The van der Waals surface area contributed by atoms with Crippen molar-refractivity contribution in [1.29, 1.82) is 0 Å². The van der Waals surface area contributed by atoms with Gasteiger partial charge in [0.25, 0.3) is 0 Å². The van der Waals surface area contributed by atoms with E-state index in [0.29, 0.717) is 25.7 Å². The number of hydrogen-bond donors (Lipinski definition) is 3. The molecule has 0 saturated heterocycles. The molecule has 0 saturated carbocycles. The molecule has 0 aromatic carbocycles. The third kappa shape index (κ3) is 84.3. The molecule has 0 fully saturated rings. The molecule has 0 aliphatic heterocycles. The third-order valence-electron chi connectivity index (χ3n) is 22.1. The number of phosphoric acid groups is 2. The second kappa shape index (κ2) is 83.1. The van der Waals surface area contributed by atoms with E-state index in [1.807, 2.05) is 0 Å². The molecule has 19 heteroatoms. The predicted octanol–water partition coefficient (Wildman–Crippen LogP) is 28.6. The standard InChI is InChI=1S/C92H180O17P2/c1-7-10-12-14-16-18-20-22-23-24-25-29-32-39-45-51-57-63-69-75-90(95)103-81-88(108-91(96)76-70-64-58-52-46-40-33-30-27-26-28-31-38-43-49-55-61-67-73-85(6)9-3)83-107-111(100,101)105-79-86(93)78-104-110(98,99)106-82-87(80-102-89(94)74-68-62-56-50-44-36-21-19-17-15-13-11-8-2)109-92(97)77-71-65-59-53-47-41-35-34-37-42-48-54-60-66-72-84(4)5/h84-88,93H,7-83H2,1-6H3,(H,98,99)(H,100,101)/t85?,86-,87+,88+/m0/s1. The van der Waals surface area contributed by atoms with Crippen LogP contribution in [0.4, 0.5) is 0 Å². The molecule has 0 aromatic rings. The second-order valence-corrected chi connectivity index (χ2v) is 36.7. The van der Waals surface area contributed by atoms with E-state index >= 15 is 0 Å². The maximum absolute atomic E-state index is 13.2. The number of phosphoric ester groups is 2. The quantitative estimate of drug-likeness (QED) is 0.0222. The number of esters is 4. The average molecular weight is 1620 g/mol. The summed E-state index contributed by atoms with van der Waals surface area (Å²) in [6, 6.07) is 0. The highest BCUT2D eigenvalue weighted by atomic mass is 31.2. The third-order valence-corrected chi connectivity index (χ3v) is 24.0. The Balaban J connectivity index is 5.26. The van der Waals surface area contributed by atoms with Gasteiger partial charge in [0.05, 0.1) is 26.4 Å². The highest BCUT2D eigenvalue weighted by molar-refractivity contribution is 7.47. The minimum atomic E-state index is -4.97. The zero-order chi connectivity index (χ0) is 81.3. The first-order chi connectivity index (χ1) is 53.9. The maximum atomic E-state index is 13.2. The van der Waals surface area contributed by atoms with Crippen LogP contribution in [0.2, 0.25) is 0 Å². The molecule has 0 radical (unpaired) electrons. The van der Waals surface area contributed by atoms with Gasteiger partial charge in [0.15, 0.2) is 12.2 Å². The monoisotopic (exact) mass is 1620 g/mol. The number of unbranched alkanes of at least 4 members (excludes halogenated alkanes) is 60. The van der Waals surface area contributed by atoms with Crippen LogP contribution in [0, 0.1) is 11.8 Å². The van der Waals surface area contributed by atoms with Gasteiger partial charge in [-0.2, -0.15) is 0 Å². The Morgan fingerprint density at radius 2 is 0.459 bits per heavy atom. The van der Waals surface area contributed by atoms with E-state index in [1.54, 1.807) is 0 Å². The van der Waals surface area contributed by atoms with Crippen LogP contribution in [0.5, 0.6) is 0 Å². The van der Waals surface area contributed by atoms with E-state index in [1.165, 1.54) is 315 Å². The zero-order valence-corrected chi connectivity index (χ0v) is 75.1. The largest absolute Gasteiger partial charge is 0.472 e. The minimum Gasteiger partial charge on any atom is -0.462 e. The Kier molecular flexibility index (Phi) is 81.7. The van der Waals surface area contributed by atoms with Gasteiger partial charge in [-0.25, -0.2) is 9.13 Å². The van der Waals surface area contributed by atoms with Gasteiger partial charge in [-0.05, 0) is 37.5 Å². The van der Waals surface area contributed by atoms with Crippen LogP contribution >= 0.6 is 15.6 Å². The fourth-order valence-corrected chi connectivity index (χ4v) is 16.0. The molecule has 0 aromatic heterocycles. The number of aliphatic hydroxyl groups is 1. The van der Waals surface area contributed by atoms with E-state index in [0.717, 1.165) is 102 Å². The Bertz CT molecular complexity index is 2120. The predicted molar refractivity (Wildman–Crippen MR) is 460 cm³/mol. The van der Waals surface area contributed by atoms with Crippen molar-refractivity contribution in [1.82, 2.24) is 0 Å². The van der Waals surface area contributed by atoms with Crippen molar-refractivity contribution in [3.63, 3.8) is 0 Å². The van der Waals surface area contributed by atoms with Gasteiger partial charge in [-0.3, -0.25) is 37.3 Å². The summed E-state index contributed by atoms with van der Waals surface area (Å²) >= 11 is 0. The molecule has 0 bridgehead atoms. The number of carbonyl (C=O) groups excluding carboxylic acids is 4. The van der Waals surface area contributed by atoms with Crippen molar-refractivity contribution in [3.05, 3.63) is 0 Å². The number of rotatable bonds is 91. The molecule has 6 atom stereocenters. The van der Waals surface area contributed by atoms with E-state index in [-0.39, 0.29) is 25.7 Å². The smallest absolute Gasteiger partial charge is 0.462 e. The lowest BCUT2D eigenvalue weighted by molar-refractivity contribution is -0.161. The van der Waals surface area contributed by atoms with Gasteiger partial charge in [0.1, 0.15) is 19.3 Å². The van der Waals surface area contributed by atoms with Crippen molar-refractivity contribution in [2.45, 2.75) is 516 Å². The summed E-state index contributed by atoms with van der Waals surface area (Å²) in [6.07, 6.45) is 77.7. The van der Waals surface area contributed by atoms with Crippen LogP contribution in [-0.2, 0) is 65.4 Å². The molecule has 0 heterocycles. The van der Waals surface area contributed by atoms with Crippen molar-refractivity contribution in [2.75, 3.05) is 39.6 Å². The molecular weight excluding hydrogens is 1440 g/mol. The summed E-state index contributed by atoms with van der Waals surface area (Å²) in [6.45, 7) is 9.80. The molecule has 0 rings (SSSR count). The molecular formula is C92H180O17P2. The Hall–Kier alpha value is -1.94. The second-order valence-electron chi connectivity index (χ2n) is 33.8. The van der Waals surface area contributed by atoms with Gasteiger partial charge in [0.2, 0.25) is 0 Å². The van der Waals surface area contributed by atoms with Gasteiger partial charge in [-0.1, -0.05) is 446 Å². The summed E-state index contributed by atoms with van der Waals surface area (Å²) < 4.78 is 69.1. The summed E-state index contributed by atoms with van der Waals surface area (Å²) in [5, 5.41) is 10.7. The van der Waals surface area contributed by atoms with Gasteiger partial charge in [-0.15, -0.1) is 0 Å². The van der Waals surface area contributed by atoms with Gasteiger partial charge >= 0.3 is 39.5 Å². The molecule has 660 valence electrons. The van der Waals surface area contributed by atoms with Crippen LogP contribution in [-0.4, -0.2) is 96.7 Å². The van der Waals surface area contributed by atoms with E-state index in [4.69, 9.17) is 37.0 Å². The summed E-state index contributed by atoms with van der Waals surface area (Å²) in [5.74, 6) is -0.426. The zero-order valence-electron chi connectivity index (χ0n) is 73.3. The first-order valence-electron chi connectivity index (χ1n) is 47.5. The van der Waals surface area contributed by atoms with E-state index in [9.17, 15) is 43.2 Å². The lowest BCUT2D eigenvalue weighted by Gasteiger charge is -2.21. The van der Waals surface area contributed by atoms with Crippen molar-refractivity contribution in [3.8, 4) is 0 Å². The molecule has 3 unspecified atom stereocenters. The first kappa shape index (κ1) is 109. The lowest BCUT2D eigenvalue weighted by Crippen LogP contribution is -2.30. The Morgan fingerprint density at radius 3 is 0.685 bits per heavy atom. The number of ether oxygens (including phenoxy) is 4. The van der Waals surface area contributed by atoms with Crippen LogP contribution in [0.15, 0.2) is 0 Å². The average Bonchev–Trinajstić information content (AvgIpc) is 0.893. The normalized spacial score (nSPS) is 14.0. The lowest BCUT2D eigenvalue weighted by atomic mass is 9.99. The Labute approximate surface area is 683 Å². The summed E-state index contributed by atoms with van der Waals surface area (Å²) in [4.78, 5) is 73.5. The van der Waals surface area contributed by atoms with Crippen molar-refractivity contribution in [2.24, 2.45) is 11.8 Å². The highest BCUT2D eigenvalue weighted by Crippen LogP contribution is 2.45.